The summed E-state index contributed by atoms with van der Waals surface area (Å²) >= 11 is 0.527. The molecule has 7 heteroatoms. The zero-order valence-electron chi connectivity index (χ0n) is 16.5. The van der Waals surface area contributed by atoms with Gasteiger partial charge in [-0.25, -0.2) is 0 Å². The number of aliphatic carboxylic acids is 1. The van der Waals surface area contributed by atoms with Gasteiger partial charge in [0.25, 0.3) is 0 Å². The SMILES string of the molecule is CCCCCCCCCCCC(=O)O.CCCCC[CH]([Na])S(=O)(=O)O. The van der Waals surface area contributed by atoms with Gasteiger partial charge in [0.2, 0.25) is 0 Å². The molecule has 0 aliphatic carbocycles. The van der Waals surface area contributed by atoms with Crippen LogP contribution < -0.4 is 0 Å². The first-order valence-electron chi connectivity index (χ1n) is 9.93. The van der Waals surface area contributed by atoms with E-state index in [-0.39, 0.29) is 0 Å². The van der Waals surface area contributed by atoms with Crippen LogP contribution in [0.2, 0.25) is 0 Å². The van der Waals surface area contributed by atoms with Crippen molar-refractivity contribution in [1.29, 1.82) is 0 Å². The van der Waals surface area contributed by atoms with Crippen LogP contribution in [0.3, 0.4) is 0 Å². The second kappa shape index (κ2) is 19.2. The Labute approximate surface area is 172 Å². The molecule has 0 aromatic rings. The van der Waals surface area contributed by atoms with Crippen LogP contribution >= 0.6 is 0 Å². The van der Waals surface area contributed by atoms with E-state index in [1.54, 1.807) is 0 Å². The Hall–Kier alpha value is 0.380. The van der Waals surface area contributed by atoms with Gasteiger partial charge < -0.3 is 5.11 Å². The van der Waals surface area contributed by atoms with E-state index in [0.29, 0.717) is 40.8 Å². The fourth-order valence-corrected chi connectivity index (χ4v) is 3.29. The van der Waals surface area contributed by atoms with Crippen molar-refractivity contribution < 1.29 is 22.9 Å². The van der Waals surface area contributed by atoms with Crippen LogP contribution in [-0.2, 0) is 14.9 Å². The second-order valence-corrected chi connectivity index (χ2v) is 10.9. The number of carboxylic acids is 1. The van der Waals surface area contributed by atoms with E-state index in [9.17, 15) is 13.2 Å². The molecule has 5 nitrogen and oxygen atoms in total. The van der Waals surface area contributed by atoms with Gasteiger partial charge >= 0.3 is 92.1 Å². The zero-order chi connectivity index (χ0) is 19.6. The average Bonchev–Trinajstić information content (AvgIpc) is 2.53. The van der Waals surface area contributed by atoms with Gasteiger partial charge in [-0.15, -0.1) is 0 Å². The van der Waals surface area contributed by atoms with Gasteiger partial charge in [0.1, 0.15) is 0 Å². The van der Waals surface area contributed by atoms with Crippen LogP contribution in [0.4, 0.5) is 0 Å². The molecule has 0 aliphatic heterocycles. The van der Waals surface area contributed by atoms with Crippen molar-refractivity contribution in [3.8, 4) is 0 Å². The van der Waals surface area contributed by atoms with Gasteiger partial charge in [0.15, 0.2) is 0 Å². The predicted octanol–water partition coefficient (Wildman–Crippen LogP) is 4.94. The van der Waals surface area contributed by atoms with Gasteiger partial charge in [-0.1, -0.05) is 58.3 Å². The molecular weight excluding hydrogens is 351 g/mol. The maximum absolute atomic E-state index is 10.5. The Bertz CT molecular complexity index is 398. The van der Waals surface area contributed by atoms with E-state index in [1.165, 1.54) is 44.9 Å². The molecule has 0 saturated heterocycles. The van der Waals surface area contributed by atoms with Crippen LogP contribution in [0.25, 0.3) is 0 Å². The monoisotopic (exact) mass is 388 g/mol. The molecule has 146 valence electrons. The van der Waals surface area contributed by atoms with E-state index >= 15 is 0 Å². The molecule has 2 N–H and O–H groups in total. The summed E-state index contributed by atoms with van der Waals surface area (Å²) in [6.07, 6.45) is 15.1. The molecule has 0 saturated carbocycles. The first-order valence-corrected chi connectivity index (χ1v) is 12.6. The first-order chi connectivity index (χ1) is 11.8. The maximum atomic E-state index is 10.5. The topological polar surface area (TPSA) is 91.7 Å². The van der Waals surface area contributed by atoms with Crippen LogP contribution in [0, 0.1) is 0 Å². The van der Waals surface area contributed by atoms with Crippen LogP contribution in [0.1, 0.15) is 104 Å². The molecule has 0 spiro atoms. The summed E-state index contributed by atoms with van der Waals surface area (Å²) < 4.78 is 29.2. The Morgan fingerprint density at radius 3 is 1.64 bits per heavy atom. The van der Waals surface area contributed by atoms with E-state index in [4.69, 9.17) is 9.66 Å². The molecule has 0 heterocycles. The molecule has 0 radical (unpaired) electrons. The molecule has 0 bridgehead atoms. The Morgan fingerprint density at radius 1 is 0.840 bits per heavy atom. The van der Waals surface area contributed by atoms with Crippen molar-refractivity contribution in [2.24, 2.45) is 0 Å². The zero-order valence-corrected chi connectivity index (χ0v) is 19.3. The summed E-state index contributed by atoms with van der Waals surface area (Å²) in [6, 6.07) is 0. The third-order valence-electron chi connectivity index (χ3n) is 4.22. The Balaban J connectivity index is 0. The number of hydrogen-bond acceptors (Lipinski definition) is 3. The van der Waals surface area contributed by atoms with Crippen LogP contribution in [-0.4, -0.2) is 54.5 Å². The molecule has 0 amide bonds. The molecular formula is C18H37NaO5S. The Morgan fingerprint density at radius 2 is 1.24 bits per heavy atom. The number of carbonyl (C=O) groups is 1. The molecule has 1 atom stereocenters. The molecule has 0 aromatic carbocycles. The van der Waals surface area contributed by atoms with Crippen LogP contribution in [0.5, 0.6) is 0 Å². The summed E-state index contributed by atoms with van der Waals surface area (Å²) in [4.78, 5) is 10.2. The third-order valence-corrected chi connectivity index (χ3v) is 7.83. The van der Waals surface area contributed by atoms with Gasteiger partial charge in [0, 0.05) is 6.42 Å². The van der Waals surface area contributed by atoms with E-state index in [1.807, 2.05) is 0 Å². The fourth-order valence-electron chi connectivity index (χ4n) is 2.42. The third kappa shape index (κ3) is 24.4. The molecule has 0 aromatic heterocycles. The van der Waals surface area contributed by atoms with E-state index < -0.39 is 18.6 Å². The molecule has 0 rings (SSSR count). The van der Waals surface area contributed by atoms with Gasteiger partial charge in [-0.2, -0.15) is 0 Å². The summed E-state index contributed by atoms with van der Waals surface area (Å²) in [7, 11) is -3.72. The number of hydrogen-bond donors (Lipinski definition) is 2. The predicted molar refractivity (Wildman–Crippen MR) is 105 cm³/mol. The number of carboxylic acid groups (broad SMARTS) is 1. The molecule has 0 aliphatic rings. The quantitative estimate of drug-likeness (QED) is 0.235. The normalized spacial score (nSPS) is 12.4. The molecule has 0 fully saturated rings. The second-order valence-electron chi connectivity index (χ2n) is 6.79. The molecule has 25 heavy (non-hydrogen) atoms. The standard InChI is InChI=1S/C12H24O2.C6H13O3S.Na/c1-2-3-4-5-6-7-8-9-10-11-12(13)14;1-2-3-4-5-6-10(7,8)9;/h2-11H2,1H3,(H,13,14);6H,2-5H2,1H3,(H,7,8,9);. The van der Waals surface area contributed by atoms with Crippen molar-refractivity contribution in [3.05, 3.63) is 0 Å². The van der Waals surface area contributed by atoms with Crippen LogP contribution in [0.15, 0.2) is 0 Å². The van der Waals surface area contributed by atoms with Crippen molar-refractivity contribution in [3.63, 3.8) is 0 Å². The summed E-state index contributed by atoms with van der Waals surface area (Å²) in [5.41, 5.74) is 0. The number of rotatable bonds is 15. The minimum absolute atomic E-state index is 0.343. The van der Waals surface area contributed by atoms with E-state index in [2.05, 4.69) is 13.8 Å². The molecule has 1 unspecified atom stereocenters. The average molecular weight is 389 g/mol. The van der Waals surface area contributed by atoms with Crippen molar-refractivity contribution in [2.45, 2.75) is 106 Å². The number of unbranched alkanes of at least 4 members (excludes halogenated alkanes) is 10. The van der Waals surface area contributed by atoms with E-state index in [0.717, 1.165) is 32.1 Å². The summed E-state index contributed by atoms with van der Waals surface area (Å²) in [6.45, 7) is 4.29. The van der Waals surface area contributed by atoms with Crippen molar-refractivity contribution in [2.75, 3.05) is 0 Å². The van der Waals surface area contributed by atoms with Crippen molar-refractivity contribution in [1.82, 2.24) is 0 Å². The minimum atomic E-state index is -3.72. The van der Waals surface area contributed by atoms with Gasteiger partial charge in [-0.3, -0.25) is 4.79 Å². The Kier molecular flexibility index (Phi) is 21.1. The summed E-state index contributed by atoms with van der Waals surface area (Å²) in [5, 5.41) is 8.41. The van der Waals surface area contributed by atoms with Gasteiger partial charge in [-0.05, 0) is 6.42 Å². The van der Waals surface area contributed by atoms with Crippen molar-refractivity contribution >= 4 is 44.0 Å². The van der Waals surface area contributed by atoms with Gasteiger partial charge in [0.05, 0.1) is 0 Å². The first kappa shape index (κ1) is 27.6. The summed E-state index contributed by atoms with van der Waals surface area (Å²) in [5.74, 6) is -0.659. The fraction of sp³-hybridized carbons (Fsp3) is 0.944.